The fraction of sp³-hybridized carbons (Fsp3) is 0.167. The summed E-state index contributed by atoms with van der Waals surface area (Å²) >= 11 is 0. The number of nitrogens with zero attached hydrogens (tertiary/aromatic N) is 1. The molecule has 2 nitrogen and oxygen atoms in total. The van der Waals surface area contributed by atoms with Gasteiger partial charge < -0.3 is 4.74 Å². The van der Waals surface area contributed by atoms with Crippen LogP contribution in [0.3, 0.4) is 0 Å². The molecule has 3 heteroatoms. The predicted octanol–water partition coefficient (Wildman–Crippen LogP) is -0.0857. The van der Waals surface area contributed by atoms with Crippen LogP contribution in [0.25, 0.3) is 0 Å². The van der Waals surface area contributed by atoms with Gasteiger partial charge in [-0.2, -0.15) is 0 Å². The molecule has 0 saturated heterocycles. The molecule has 0 aliphatic heterocycles. The molecule has 0 N–H and O–H groups in total. The fourth-order valence-electron chi connectivity index (χ4n) is 0.560. The van der Waals surface area contributed by atoms with Gasteiger partial charge in [-0.15, -0.1) is 0 Å². The second kappa shape index (κ2) is 2.53. The van der Waals surface area contributed by atoms with Crippen molar-refractivity contribution in [3.8, 4) is 5.75 Å². The summed E-state index contributed by atoms with van der Waals surface area (Å²) in [5.74, 6) is 0.816. The van der Waals surface area contributed by atoms with Gasteiger partial charge in [-0.3, -0.25) is 4.48 Å². The van der Waals surface area contributed by atoms with Gasteiger partial charge in [-0.05, 0) is 0 Å². The normalized spacial score (nSPS) is 9.00. The second-order valence-electron chi connectivity index (χ2n) is 1.69. The Labute approximate surface area is 55.5 Å². The summed E-state index contributed by atoms with van der Waals surface area (Å²) in [6.45, 7) is 0. The highest BCUT2D eigenvalue weighted by molar-refractivity contribution is 5.94. The molecule has 1 rings (SSSR count). The first-order valence-electron chi connectivity index (χ1n) is 2.63. The number of rotatable bonds is 1. The fourth-order valence-corrected chi connectivity index (χ4v) is 0.560. The van der Waals surface area contributed by atoms with E-state index in [0.29, 0.717) is 0 Å². The quantitative estimate of drug-likeness (QED) is 0.472. The Morgan fingerprint density at radius 1 is 1.44 bits per heavy atom. The predicted molar refractivity (Wildman–Crippen MR) is 34.3 cm³/mol. The number of aromatic nitrogens is 1. The standard InChI is InChI=1S/C6H7BNO/c1-9-6-2-4-8(7)5-3-6/h2-5H,1H3/q+1. The minimum Gasteiger partial charge on any atom is -0.496 e. The third kappa shape index (κ3) is 1.45. The minimum absolute atomic E-state index is 0.816. The second-order valence-corrected chi connectivity index (χ2v) is 1.69. The first-order chi connectivity index (χ1) is 4.33. The molecule has 1 aromatic heterocycles. The van der Waals surface area contributed by atoms with Crippen LogP contribution in [0.1, 0.15) is 0 Å². The maximum atomic E-state index is 5.34. The Kier molecular flexibility index (Phi) is 1.73. The molecular weight excluding hydrogens is 113 g/mol. The van der Waals surface area contributed by atoms with Gasteiger partial charge in [0.05, 0.1) is 7.11 Å². The van der Waals surface area contributed by atoms with Crippen LogP contribution < -0.4 is 9.21 Å². The zero-order valence-corrected chi connectivity index (χ0v) is 5.24. The average molecular weight is 120 g/mol. The minimum atomic E-state index is 0.816. The Morgan fingerprint density at radius 2 is 2.00 bits per heavy atom. The largest absolute Gasteiger partial charge is 0.586 e. The van der Waals surface area contributed by atoms with Gasteiger partial charge in [0, 0.05) is 12.1 Å². The van der Waals surface area contributed by atoms with Crippen molar-refractivity contribution < 1.29 is 9.21 Å². The van der Waals surface area contributed by atoms with Crippen molar-refractivity contribution >= 4 is 7.98 Å². The van der Waals surface area contributed by atoms with E-state index in [2.05, 4.69) is 0 Å². The van der Waals surface area contributed by atoms with Crippen LogP contribution in [-0.2, 0) is 0 Å². The van der Waals surface area contributed by atoms with Crippen LogP contribution in [0.5, 0.6) is 5.75 Å². The Hall–Kier alpha value is -0.985. The van der Waals surface area contributed by atoms with Gasteiger partial charge in [-0.25, -0.2) is 0 Å². The first kappa shape index (κ1) is 6.14. The molecule has 0 saturated carbocycles. The zero-order chi connectivity index (χ0) is 6.69. The SMILES string of the molecule is [B][n+]1ccc(OC)cc1. The van der Waals surface area contributed by atoms with Crippen molar-refractivity contribution in [1.82, 2.24) is 0 Å². The van der Waals surface area contributed by atoms with E-state index in [0.717, 1.165) is 5.75 Å². The monoisotopic (exact) mass is 120 g/mol. The molecule has 0 spiro atoms. The van der Waals surface area contributed by atoms with Crippen LogP contribution in [0.2, 0.25) is 0 Å². The lowest BCUT2D eigenvalue weighted by Crippen LogP contribution is -2.29. The lowest BCUT2D eigenvalue weighted by Gasteiger charge is -1.94. The van der Waals surface area contributed by atoms with Gasteiger partial charge in [0.1, 0.15) is 18.1 Å². The van der Waals surface area contributed by atoms with Gasteiger partial charge in [0.15, 0.2) is 0 Å². The van der Waals surface area contributed by atoms with Gasteiger partial charge in [0.2, 0.25) is 0 Å². The smallest absolute Gasteiger partial charge is 0.496 e. The van der Waals surface area contributed by atoms with Crippen LogP contribution in [0.15, 0.2) is 24.5 Å². The van der Waals surface area contributed by atoms with Crippen LogP contribution >= 0.6 is 0 Å². The number of methoxy groups -OCH3 is 1. The molecule has 1 heterocycles. The molecule has 0 fully saturated rings. The van der Waals surface area contributed by atoms with Crippen molar-refractivity contribution in [2.24, 2.45) is 0 Å². The zero-order valence-electron chi connectivity index (χ0n) is 5.24. The summed E-state index contributed by atoms with van der Waals surface area (Å²) in [7, 11) is 6.96. The van der Waals surface area contributed by atoms with Gasteiger partial charge in [0.25, 0.3) is 0 Å². The van der Waals surface area contributed by atoms with Crippen molar-refractivity contribution in [3.05, 3.63) is 24.5 Å². The molecule has 0 atom stereocenters. The molecule has 0 aliphatic rings. The molecule has 9 heavy (non-hydrogen) atoms. The van der Waals surface area contributed by atoms with E-state index in [1.54, 1.807) is 31.6 Å². The van der Waals surface area contributed by atoms with E-state index in [4.69, 9.17) is 12.7 Å². The molecule has 2 radical (unpaired) electrons. The topological polar surface area (TPSA) is 13.1 Å². The van der Waals surface area contributed by atoms with E-state index in [1.165, 1.54) is 4.48 Å². The third-order valence-corrected chi connectivity index (χ3v) is 1.06. The molecular formula is C6H7BNO+. The maximum absolute atomic E-state index is 5.34. The third-order valence-electron chi connectivity index (χ3n) is 1.06. The van der Waals surface area contributed by atoms with E-state index in [-0.39, 0.29) is 0 Å². The van der Waals surface area contributed by atoms with Gasteiger partial charge >= 0.3 is 7.98 Å². The van der Waals surface area contributed by atoms with Crippen LogP contribution in [0, 0.1) is 0 Å². The number of pyridine rings is 1. The molecule has 0 amide bonds. The molecule has 1 aromatic rings. The summed E-state index contributed by atoms with van der Waals surface area (Å²) in [5, 5.41) is 0. The summed E-state index contributed by atoms with van der Waals surface area (Å²) in [6.07, 6.45) is 3.44. The number of hydrogen-bond donors (Lipinski definition) is 0. The summed E-state index contributed by atoms with van der Waals surface area (Å²) in [4.78, 5) is 0. The van der Waals surface area contributed by atoms with Crippen LogP contribution in [0.4, 0.5) is 0 Å². The Balaban J connectivity index is 2.88. The maximum Gasteiger partial charge on any atom is 0.586 e. The lowest BCUT2D eigenvalue weighted by atomic mass is 10.3. The molecule has 44 valence electrons. The molecule has 0 bridgehead atoms. The van der Waals surface area contributed by atoms with Crippen molar-refractivity contribution in [2.45, 2.75) is 0 Å². The molecule has 0 aromatic carbocycles. The first-order valence-corrected chi connectivity index (χ1v) is 2.63. The Morgan fingerprint density at radius 3 is 2.44 bits per heavy atom. The highest BCUT2D eigenvalue weighted by atomic mass is 16.5. The molecule has 0 unspecified atom stereocenters. The summed E-state index contributed by atoms with van der Waals surface area (Å²) < 4.78 is 6.36. The van der Waals surface area contributed by atoms with Crippen molar-refractivity contribution in [2.75, 3.05) is 7.11 Å². The van der Waals surface area contributed by atoms with E-state index in [1.807, 2.05) is 0 Å². The highest BCUT2D eigenvalue weighted by Crippen LogP contribution is 2.02. The van der Waals surface area contributed by atoms with E-state index >= 15 is 0 Å². The van der Waals surface area contributed by atoms with Gasteiger partial charge in [-0.1, -0.05) is 0 Å². The Bertz CT molecular complexity index is 185. The van der Waals surface area contributed by atoms with E-state index < -0.39 is 0 Å². The van der Waals surface area contributed by atoms with E-state index in [9.17, 15) is 0 Å². The van der Waals surface area contributed by atoms with Crippen molar-refractivity contribution in [3.63, 3.8) is 0 Å². The molecule has 0 aliphatic carbocycles. The lowest BCUT2D eigenvalue weighted by molar-refractivity contribution is -0.521. The average Bonchev–Trinajstić information content (AvgIpc) is 1.90. The summed E-state index contributed by atoms with van der Waals surface area (Å²) in [5.41, 5.74) is 0. The number of hydrogen-bond acceptors (Lipinski definition) is 1. The summed E-state index contributed by atoms with van der Waals surface area (Å²) in [6, 6.07) is 3.58. The van der Waals surface area contributed by atoms with Crippen LogP contribution in [-0.4, -0.2) is 15.1 Å². The number of ether oxygens (including phenoxy) is 1. The highest BCUT2D eigenvalue weighted by Gasteiger charge is 1.91. The van der Waals surface area contributed by atoms with Crippen molar-refractivity contribution in [1.29, 1.82) is 0 Å².